The molecule has 37 heavy (non-hydrogen) atoms. The van der Waals surface area contributed by atoms with Crippen LogP contribution in [-0.4, -0.2) is 40.9 Å². The highest BCUT2D eigenvalue weighted by Gasteiger charge is 2.90. The molecule has 0 heterocycles. The zero-order valence-electron chi connectivity index (χ0n) is 18.7. The van der Waals surface area contributed by atoms with Crippen LogP contribution in [0.15, 0.2) is 54.6 Å². The minimum atomic E-state index is -8.00. The van der Waals surface area contributed by atoms with Gasteiger partial charge >= 0.3 is 35.8 Å². The standard InChI is InChI=1S/C23H19F13O/c1-2-6-14-9-11-16(12-10-14)17(37,15-7-4-3-5-8-15)13-18(24,25)19(26,27)20(28,29)21(30,31)22(32,33)23(34,35)36/h3-5,7-12,37H,2,6,13H2,1H3. The molecule has 0 aliphatic carbocycles. The van der Waals surface area contributed by atoms with E-state index in [0.29, 0.717) is 18.4 Å². The van der Waals surface area contributed by atoms with Crippen molar-refractivity contribution in [3.8, 4) is 0 Å². The van der Waals surface area contributed by atoms with Crippen LogP contribution in [0.1, 0.15) is 36.5 Å². The fourth-order valence-electron chi connectivity index (χ4n) is 3.55. The van der Waals surface area contributed by atoms with Gasteiger partial charge in [-0.05, 0) is 23.1 Å². The molecule has 1 N–H and O–H groups in total. The summed E-state index contributed by atoms with van der Waals surface area (Å²) in [5, 5.41) is 11.1. The molecule has 0 spiro atoms. The third-order valence-electron chi connectivity index (χ3n) is 5.70. The van der Waals surface area contributed by atoms with Crippen molar-refractivity contribution in [3.05, 3.63) is 71.3 Å². The molecule has 14 heteroatoms. The monoisotopic (exact) mass is 558 g/mol. The molecule has 2 aromatic rings. The van der Waals surface area contributed by atoms with Crippen molar-refractivity contribution in [2.24, 2.45) is 0 Å². The SMILES string of the molecule is CCCc1ccc(C(O)(CC(F)(F)C(F)(F)C(F)(F)C(F)(F)C(F)(F)C(F)(F)F)c2ccccc2)cc1. The maximum absolute atomic E-state index is 14.7. The molecule has 0 amide bonds. The molecule has 0 aliphatic heterocycles. The molecule has 0 saturated carbocycles. The fourth-order valence-corrected chi connectivity index (χ4v) is 3.55. The van der Waals surface area contributed by atoms with Crippen molar-refractivity contribution in [3.63, 3.8) is 0 Å². The minimum absolute atomic E-state index is 0.451. The van der Waals surface area contributed by atoms with Crippen LogP contribution in [0.25, 0.3) is 0 Å². The van der Waals surface area contributed by atoms with Crippen molar-refractivity contribution in [2.75, 3.05) is 0 Å². The Morgan fingerprint density at radius 2 is 1.00 bits per heavy atom. The quantitative estimate of drug-likeness (QED) is 0.293. The molecule has 0 fully saturated rings. The fraction of sp³-hybridized carbons (Fsp3) is 0.478. The smallest absolute Gasteiger partial charge is 0.380 e. The third kappa shape index (κ3) is 5.00. The van der Waals surface area contributed by atoms with Crippen molar-refractivity contribution in [1.82, 2.24) is 0 Å². The van der Waals surface area contributed by atoms with Crippen LogP contribution in [0.2, 0.25) is 0 Å². The Morgan fingerprint density at radius 1 is 0.568 bits per heavy atom. The third-order valence-corrected chi connectivity index (χ3v) is 5.70. The lowest BCUT2D eigenvalue weighted by Gasteiger charge is -2.42. The summed E-state index contributed by atoms with van der Waals surface area (Å²) in [5.74, 6) is -37.7. The lowest BCUT2D eigenvalue weighted by Crippen LogP contribution is -2.70. The number of aryl methyl sites for hydroxylation is 1. The van der Waals surface area contributed by atoms with Crippen LogP contribution < -0.4 is 0 Å². The Morgan fingerprint density at radius 3 is 1.43 bits per heavy atom. The summed E-state index contributed by atoms with van der Waals surface area (Å²) in [6.45, 7) is 1.77. The molecule has 0 saturated heterocycles. The minimum Gasteiger partial charge on any atom is -0.380 e. The van der Waals surface area contributed by atoms with Gasteiger partial charge in [-0.15, -0.1) is 0 Å². The first-order valence-electron chi connectivity index (χ1n) is 10.4. The summed E-state index contributed by atoms with van der Waals surface area (Å²) in [6, 6.07) is 9.81. The van der Waals surface area contributed by atoms with Crippen LogP contribution in [-0.2, 0) is 12.0 Å². The first-order valence-corrected chi connectivity index (χ1v) is 10.4. The van der Waals surface area contributed by atoms with Crippen LogP contribution in [0.3, 0.4) is 0 Å². The van der Waals surface area contributed by atoms with Crippen LogP contribution in [0.4, 0.5) is 57.1 Å². The summed E-state index contributed by atoms with van der Waals surface area (Å²) in [6.07, 6.45) is -9.21. The summed E-state index contributed by atoms with van der Waals surface area (Å²) in [5.41, 5.74) is -3.91. The molecule has 0 aliphatic rings. The second-order valence-corrected chi connectivity index (χ2v) is 8.35. The molecule has 2 aromatic carbocycles. The van der Waals surface area contributed by atoms with Crippen molar-refractivity contribution in [2.45, 2.75) is 67.6 Å². The van der Waals surface area contributed by atoms with E-state index < -0.39 is 58.9 Å². The number of hydrogen-bond donors (Lipinski definition) is 1. The van der Waals surface area contributed by atoms with E-state index in [9.17, 15) is 62.2 Å². The van der Waals surface area contributed by atoms with E-state index in [1.54, 1.807) is 6.92 Å². The highest BCUT2D eigenvalue weighted by Crippen LogP contribution is 2.61. The zero-order valence-corrected chi connectivity index (χ0v) is 18.7. The Balaban J connectivity index is 2.64. The van der Waals surface area contributed by atoms with E-state index in [1.165, 1.54) is 18.2 Å². The highest BCUT2D eigenvalue weighted by molar-refractivity contribution is 5.38. The van der Waals surface area contributed by atoms with Crippen molar-refractivity contribution >= 4 is 0 Å². The highest BCUT2D eigenvalue weighted by atomic mass is 19.4. The molecule has 0 radical (unpaired) electrons. The summed E-state index contributed by atoms with van der Waals surface area (Å²) >= 11 is 0. The normalized spacial score (nSPS) is 16.0. The Bertz CT molecular complexity index is 1050. The van der Waals surface area contributed by atoms with E-state index >= 15 is 0 Å². The second kappa shape index (κ2) is 9.66. The molecule has 2 rings (SSSR count). The number of hydrogen-bond acceptors (Lipinski definition) is 1. The van der Waals surface area contributed by atoms with E-state index in [0.717, 1.165) is 36.4 Å². The van der Waals surface area contributed by atoms with Gasteiger partial charge in [0.2, 0.25) is 0 Å². The van der Waals surface area contributed by atoms with Gasteiger partial charge in [0.15, 0.2) is 0 Å². The number of halogens is 13. The van der Waals surface area contributed by atoms with Gasteiger partial charge in [0.25, 0.3) is 0 Å². The molecule has 0 bridgehead atoms. The summed E-state index contributed by atoms with van der Waals surface area (Å²) in [4.78, 5) is 0. The zero-order chi connectivity index (χ0) is 28.7. The number of benzene rings is 2. The van der Waals surface area contributed by atoms with Gasteiger partial charge in [-0.3, -0.25) is 0 Å². The Labute approximate surface area is 201 Å². The average Bonchev–Trinajstić information content (AvgIpc) is 2.78. The van der Waals surface area contributed by atoms with E-state index in [2.05, 4.69) is 0 Å². The van der Waals surface area contributed by atoms with E-state index in [4.69, 9.17) is 0 Å². The maximum atomic E-state index is 14.7. The van der Waals surface area contributed by atoms with Crippen LogP contribution >= 0.6 is 0 Å². The maximum Gasteiger partial charge on any atom is 0.460 e. The lowest BCUT2D eigenvalue weighted by atomic mass is 9.78. The predicted octanol–water partition coefficient (Wildman–Crippen LogP) is 8.00. The van der Waals surface area contributed by atoms with Crippen LogP contribution in [0, 0.1) is 0 Å². The first-order chi connectivity index (χ1) is 16.6. The molecule has 0 aromatic heterocycles. The van der Waals surface area contributed by atoms with E-state index in [-0.39, 0.29) is 0 Å². The van der Waals surface area contributed by atoms with Gasteiger partial charge in [0, 0.05) is 0 Å². The lowest BCUT2D eigenvalue weighted by molar-refractivity contribution is -0.441. The van der Waals surface area contributed by atoms with Gasteiger partial charge in [-0.25, -0.2) is 0 Å². The van der Waals surface area contributed by atoms with Crippen molar-refractivity contribution < 1.29 is 62.2 Å². The van der Waals surface area contributed by atoms with Gasteiger partial charge in [0.05, 0.1) is 6.42 Å². The predicted molar refractivity (Wildman–Crippen MR) is 105 cm³/mol. The Kier molecular flexibility index (Phi) is 8.02. The number of aliphatic hydroxyl groups is 1. The summed E-state index contributed by atoms with van der Waals surface area (Å²) < 4.78 is 176. The van der Waals surface area contributed by atoms with E-state index in [1.807, 2.05) is 0 Å². The van der Waals surface area contributed by atoms with Gasteiger partial charge in [-0.2, -0.15) is 57.1 Å². The van der Waals surface area contributed by atoms with Gasteiger partial charge in [0.1, 0.15) is 5.60 Å². The number of rotatable bonds is 10. The van der Waals surface area contributed by atoms with Crippen LogP contribution in [0.5, 0.6) is 0 Å². The Hall–Kier alpha value is -2.51. The largest absolute Gasteiger partial charge is 0.460 e. The summed E-state index contributed by atoms with van der Waals surface area (Å²) in [7, 11) is 0. The first kappa shape index (κ1) is 30.7. The molecule has 1 nitrogen and oxygen atoms in total. The van der Waals surface area contributed by atoms with Crippen molar-refractivity contribution in [1.29, 1.82) is 0 Å². The topological polar surface area (TPSA) is 20.2 Å². The van der Waals surface area contributed by atoms with Gasteiger partial charge < -0.3 is 5.11 Å². The second-order valence-electron chi connectivity index (χ2n) is 8.35. The average molecular weight is 558 g/mol. The molecule has 1 unspecified atom stereocenters. The number of alkyl halides is 13. The molecular weight excluding hydrogens is 539 g/mol. The molecule has 1 atom stereocenters. The molecule has 208 valence electrons. The molecular formula is C23H19F13O. The van der Waals surface area contributed by atoms with Gasteiger partial charge in [-0.1, -0.05) is 67.9 Å².